The standard InChI is InChI=1S/C16H16BrN3S/c1-9-12(17)7-14(21-9)15-10-5-3-2-4-6-13(10)20-16(19)11(15)8-18/h7H,2-6H2,1H3,(H2,19,20)/p+1. The Hall–Kier alpha value is -1.38. The maximum atomic E-state index is 9.55. The molecule has 0 spiro atoms. The number of nitrogens with two attached hydrogens (primary N) is 1. The molecule has 2 aromatic heterocycles. The Kier molecular flexibility index (Phi) is 4.01. The third-order valence-electron chi connectivity index (χ3n) is 4.04. The molecule has 0 aromatic carbocycles. The monoisotopic (exact) mass is 362 g/mol. The lowest BCUT2D eigenvalue weighted by atomic mass is 9.96. The van der Waals surface area contributed by atoms with Crippen LogP contribution in [0.4, 0.5) is 5.82 Å². The van der Waals surface area contributed by atoms with Crippen LogP contribution in [0.25, 0.3) is 10.4 Å². The van der Waals surface area contributed by atoms with Crippen LogP contribution in [0.2, 0.25) is 0 Å². The van der Waals surface area contributed by atoms with E-state index in [2.05, 4.69) is 40.0 Å². The normalized spacial score (nSPS) is 14.3. The minimum atomic E-state index is 0.496. The van der Waals surface area contributed by atoms with Gasteiger partial charge in [0.05, 0.1) is 0 Å². The zero-order valence-electron chi connectivity index (χ0n) is 11.9. The molecule has 5 heteroatoms. The first-order chi connectivity index (χ1) is 10.1. The number of H-pyrrole nitrogens is 1. The number of fused-ring (bicyclic) bond motifs is 1. The van der Waals surface area contributed by atoms with E-state index < -0.39 is 0 Å². The molecule has 2 heterocycles. The van der Waals surface area contributed by atoms with Gasteiger partial charge in [0, 0.05) is 31.8 Å². The SMILES string of the molecule is Cc1sc(-c2c(C#N)c(N)[nH+]c3c2CCCCC3)cc1Br. The fraction of sp³-hybridized carbons (Fsp3) is 0.375. The van der Waals surface area contributed by atoms with E-state index in [0.29, 0.717) is 11.4 Å². The first-order valence-corrected chi connectivity index (χ1v) is 8.75. The molecule has 0 amide bonds. The summed E-state index contributed by atoms with van der Waals surface area (Å²) in [4.78, 5) is 5.63. The number of aryl methyl sites for hydroxylation is 2. The summed E-state index contributed by atoms with van der Waals surface area (Å²) < 4.78 is 1.10. The second kappa shape index (κ2) is 5.78. The fourth-order valence-electron chi connectivity index (χ4n) is 2.98. The Bertz CT molecular complexity index is 723. The molecular formula is C16H17BrN3S+. The molecule has 1 aliphatic rings. The van der Waals surface area contributed by atoms with Gasteiger partial charge in [0.25, 0.3) is 5.82 Å². The van der Waals surface area contributed by atoms with Crippen molar-refractivity contribution in [2.24, 2.45) is 0 Å². The molecule has 21 heavy (non-hydrogen) atoms. The van der Waals surface area contributed by atoms with Crippen molar-refractivity contribution >= 4 is 33.1 Å². The molecule has 1 aliphatic carbocycles. The third kappa shape index (κ3) is 2.58. The molecule has 0 fully saturated rings. The van der Waals surface area contributed by atoms with Gasteiger partial charge in [-0.15, -0.1) is 11.3 Å². The first kappa shape index (κ1) is 14.6. The molecule has 3 N–H and O–H groups in total. The Morgan fingerprint density at radius 1 is 1.33 bits per heavy atom. The number of pyridine rings is 1. The highest BCUT2D eigenvalue weighted by atomic mass is 79.9. The Balaban J connectivity index is 2.30. The highest BCUT2D eigenvalue weighted by molar-refractivity contribution is 9.10. The maximum Gasteiger partial charge on any atom is 0.289 e. The van der Waals surface area contributed by atoms with E-state index in [9.17, 15) is 5.26 Å². The maximum absolute atomic E-state index is 9.55. The number of nitrogens with zero attached hydrogens (tertiary/aromatic N) is 1. The number of aromatic amines is 1. The van der Waals surface area contributed by atoms with Crippen LogP contribution in [0.1, 0.15) is 41.0 Å². The van der Waals surface area contributed by atoms with Crippen molar-refractivity contribution in [3.05, 3.63) is 32.2 Å². The zero-order valence-corrected chi connectivity index (χ0v) is 14.3. The van der Waals surface area contributed by atoms with E-state index in [1.807, 2.05) is 0 Å². The van der Waals surface area contributed by atoms with E-state index in [0.717, 1.165) is 27.8 Å². The van der Waals surface area contributed by atoms with Gasteiger partial charge >= 0.3 is 0 Å². The number of anilines is 1. The lowest BCUT2D eigenvalue weighted by molar-refractivity contribution is -0.373. The average molecular weight is 363 g/mol. The minimum Gasteiger partial charge on any atom is -0.286 e. The van der Waals surface area contributed by atoms with E-state index in [1.165, 1.54) is 35.4 Å². The van der Waals surface area contributed by atoms with Crippen molar-refractivity contribution in [2.45, 2.75) is 39.0 Å². The summed E-state index contributed by atoms with van der Waals surface area (Å²) in [6.07, 6.45) is 5.63. The number of nitrogen functional groups attached to an aromatic ring is 1. The van der Waals surface area contributed by atoms with Gasteiger partial charge < -0.3 is 0 Å². The van der Waals surface area contributed by atoms with Gasteiger partial charge in [-0.3, -0.25) is 5.73 Å². The van der Waals surface area contributed by atoms with Crippen molar-refractivity contribution in [3.63, 3.8) is 0 Å². The molecule has 3 rings (SSSR count). The van der Waals surface area contributed by atoms with E-state index >= 15 is 0 Å². The van der Waals surface area contributed by atoms with Crippen LogP contribution in [-0.2, 0) is 12.8 Å². The third-order valence-corrected chi connectivity index (χ3v) is 6.19. The number of aromatic nitrogens is 1. The molecule has 0 radical (unpaired) electrons. The van der Waals surface area contributed by atoms with Gasteiger partial charge in [-0.25, -0.2) is 4.98 Å². The second-order valence-electron chi connectivity index (χ2n) is 5.43. The van der Waals surface area contributed by atoms with Crippen molar-refractivity contribution in [3.8, 4) is 16.5 Å². The predicted octanol–water partition coefficient (Wildman–Crippen LogP) is 4.02. The van der Waals surface area contributed by atoms with E-state index in [-0.39, 0.29) is 0 Å². The van der Waals surface area contributed by atoms with Gasteiger partial charge in [-0.05, 0) is 48.2 Å². The molecule has 0 bridgehead atoms. The van der Waals surface area contributed by atoms with Crippen molar-refractivity contribution in [2.75, 3.05) is 5.73 Å². The number of nitrogens with one attached hydrogen (secondary N) is 1. The molecule has 0 saturated heterocycles. The summed E-state index contributed by atoms with van der Waals surface area (Å²) in [7, 11) is 0. The number of thiophene rings is 1. The van der Waals surface area contributed by atoms with Crippen LogP contribution in [0.5, 0.6) is 0 Å². The Morgan fingerprint density at radius 2 is 2.10 bits per heavy atom. The predicted molar refractivity (Wildman–Crippen MR) is 89.1 cm³/mol. The van der Waals surface area contributed by atoms with E-state index in [4.69, 9.17) is 5.73 Å². The van der Waals surface area contributed by atoms with Crippen LogP contribution in [0.15, 0.2) is 10.5 Å². The van der Waals surface area contributed by atoms with Crippen molar-refractivity contribution in [1.82, 2.24) is 0 Å². The molecule has 0 atom stereocenters. The lowest BCUT2D eigenvalue weighted by Crippen LogP contribution is -2.21. The smallest absolute Gasteiger partial charge is 0.286 e. The fourth-order valence-corrected chi connectivity index (χ4v) is 4.59. The van der Waals surface area contributed by atoms with Crippen molar-refractivity contribution in [1.29, 1.82) is 5.26 Å². The summed E-state index contributed by atoms with van der Waals surface area (Å²) >= 11 is 5.30. The van der Waals surface area contributed by atoms with Crippen LogP contribution in [0.3, 0.4) is 0 Å². The topological polar surface area (TPSA) is 64.0 Å². The average Bonchev–Trinajstić information content (AvgIpc) is 2.65. The van der Waals surface area contributed by atoms with Crippen LogP contribution < -0.4 is 10.7 Å². The number of halogens is 1. The quantitative estimate of drug-likeness (QED) is 0.778. The summed E-state index contributed by atoms with van der Waals surface area (Å²) in [6.45, 7) is 2.08. The minimum absolute atomic E-state index is 0.496. The molecule has 0 aliphatic heterocycles. The Morgan fingerprint density at radius 3 is 2.76 bits per heavy atom. The van der Waals surface area contributed by atoms with Crippen LogP contribution in [-0.4, -0.2) is 0 Å². The Labute approximate surface area is 136 Å². The molecular weight excluding hydrogens is 346 g/mol. The summed E-state index contributed by atoms with van der Waals surface area (Å²) in [5, 5.41) is 9.55. The van der Waals surface area contributed by atoms with Gasteiger partial charge in [-0.2, -0.15) is 5.26 Å². The van der Waals surface area contributed by atoms with Gasteiger partial charge in [0.15, 0.2) is 0 Å². The van der Waals surface area contributed by atoms with Gasteiger partial charge in [0.2, 0.25) is 0 Å². The molecule has 0 unspecified atom stereocenters. The zero-order chi connectivity index (χ0) is 15.0. The number of hydrogen-bond acceptors (Lipinski definition) is 3. The molecule has 3 nitrogen and oxygen atoms in total. The molecule has 108 valence electrons. The molecule has 2 aromatic rings. The largest absolute Gasteiger partial charge is 0.289 e. The highest BCUT2D eigenvalue weighted by Gasteiger charge is 2.25. The first-order valence-electron chi connectivity index (χ1n) is 7.14. The number of nitriles is 1. The summed E-state index contributed by atoms with van der Waals surface area (Å²) in [5.74, 6) is 0.496. The number of hydrogen-bond donors (Lipinski definition) is 1. The summed E-state index contributed by atoms with van der Waals surface area (Å²) in [5.41, 5.74) is 10.2. The highest BCUT2D eigenvalue weighted by Crippen LogP contribution is 2.40. The van der Waals surface area contributed by atoms with Gasteiger partial charge in [-0.1, -0.05) is 6.42 Å². The molecule has 0 saturated carbocycles. The van der Waals surface area contributed by atoms with Crippen molar-refractivity contribution < 1.29 is 4.98 Å². The number of rotatable bonds is 1. The lowest BCUT2D eigenvalue weighted by Gasteiger charge is -2.11. The van der Waals surface area contributed by atoms with E-state index in [1.54, 1.807) is 11.3 Å². The van der Waals surface area contributed by atoms with Gasteiger partial charge in [0.1, 0.15) is 17.3 Å². The van der Waals surface area contributed by atoms with Crippen LogP contribution in [0, 0.1) is 18.3 Å². The van der Waals surface area contributed by atoms with Crippen LogP contribution >= 0.6 is 27.3 Å². The summed E-state index contributed by atoms with van der Waals surface area (Å²) in [6, 6.07) is 4.41. The second-order valence-corrected chi connectivity index (χ2v) is 7.54.